The van der Waals surface area contributed by atoms with E-state index in [1.807, 2.05) is 0 Å². The van der Waals surface area contributed by atoms with Crippen molar-refractivity contribution in [3.05, 3.63) is 204 Å². The highest BCUT2D eigenvalue weighted by atomic mass is 14.4. The maximum absolute atomic E-state index is 2.48. The summed E-state index contributed by atoms with van der Waals surface area (Å²) in [6.45, 7) is 9.58. The Morgan fingerprint density at radius 2 is 0.707 bits per heavy atom. The molecule has 10 aromatic carbocycles. The van der Waals surface area contributed by atoms with E-state index in [2.05, 4.69) is 210 Å². The van der Waals surface area contributed by atoms with Crippen LogP contribution in [0.1, 0.15) is 49.9 Å². The van der Waals surface area contributed by atoms with E-state index < -0.39 is 0 Å². The minimum Gasteiger partial charge on any atom is -0.0619 e. The van der Waals surface area contributed by atoms with Gasteiger partial charge in [0.2, 0.25) is 0 Å². The predicted molar refractivity (Wildman–Crippen MR) is 248 cm³/mol. The molecule has 0 saturated carbocycles. The number of hydrogen-bond acceptors (Lipinski definition) is 0. The van der Waals surface area contributed by atoms with Gasteiger partial charge in [-0.25, -0.2) is 0 Å². The van der Waals surface area contributed by atoms with E-state index >= 15 is 0 Å². The lowest BCUT2D eigenvalue weighted by atomic mass is 9.79. The maximum atomic E-state index is 2.48. The molecule has 2 aliphatic rings. The smallest absolute Gasteiger partial charge is 0.0165 e. The minimum atomic E-state index is -0.153. The third kappa shape index (κ3) is 4.41. The average molecular weight is 739 g/mol. The zero-order chi connectivity index (χ0) is 38.9. The quantitative estimate of drug-likeness (QED) is 0.125. The van der Waals surface area contributed by atoms with Crippen LogP contribution in [0.3, 0.4) is 0 Å². The van der Waals surface area contributed by atoms with Crippen LogP contribution in [-0.4, -0.2) is 0 Å². The Morgan fingerprint density at radius 3 is 1.36 bits per heavy atom. The number of rotatable bonds is 3. The summed E-state index contributed by atoms with van der Waals surface area (Å²) in [6.07, 6.45) is 0. The average Bonchev–Trinajstić information content (AvgIpc) is 3.65. The molecular weight excluding hydrogens is 697 g/mol. The van der Waals surface area contributed by atoms with Crippen molar-refractivity contribution in [3.63, 3.8) is 0 Å². The van der Waals surface area contributed by atoms with Crippen molar-refractivity contribution in [2.75, 3.05) is 0 Å². The molecule has 12 rings (SSSR count). The van der Waals surface area contributed by atoms with Crippen molar-refractivity contribution in [1.82, 2.24) is 0 Å². The van der Waals surface area contributed by atoms with Crippen LogP contribution in [-0.2, 0) is 10.8 Å². The molecule has 58 heavy (non-hydrogen) atoms. The Balaban J connectivity index is 1.09. The molecule has 10 aromatic rings. The van der Waals surface area contributed by atoms with E-state index in [4.69, 9.17) is 0 Å². The second-order valence-electron chi connectivity index (χ2n) is 17.5. The first-order valence-electron chi connectivity index (χ1n) is 20.7. The largest absolute Gasteiger partial charge is 0.0619 e. The standard InChI is InChI=1S/C58H42/c1-57(2)49-29-14-13-21-41(49)42-32-31-37(34-51(42)57)53-46-25-10-8-23-44(46)52(45-24-9-11-26-47(45)53)36-18-15-17-35(33-36)38-28-16-30-50-54(38)55-43-22-7-5-19-39(43)40-20-6-12-27-48(40)56(55)58(50,3)4/h5-34H,1-4H3. The summed E-state index contributed by atoms with van der Waals surface area (Å²) in [6, 6.07) is 68.6. The fourth-order valence-electron chi connectivity index (χ4n) is 11.2. The second kappa shape index (κ2) is 11.9. The van der Waals surface area contributed by atoms with Crippen molar-refractivity contribution in [1.29, 1.82) is 0 Å². The Kier molecular flexibility index (Phi) is 6.84. The Morgan fingerprint density at radius 1 is 0.259 bits per heavy atom. The van der Waals surface area contributed by atoms with Crippen LogP contribution in [0.15, 0.2) is 182 Å². The topological polar surface area (TPSA) is 0 Å². The van der Waals surface area contributed by atoms with E-state index in [-0.39, 0.29) is 10.8 Å². The first kappa shape index (κ1) is 33.4. The van der Waals surface area contributed by atoms with E-state index in [1.165, 1.54) is 121 Å². The van der Waals surface area contributed by atoms with Crippen LogP contribution in [0.5, 0.6) is 0 Å². The zero-order valence-electron chi connectivity index (χ0n) is 33.3. The van der Waals surface area contributed by atoms with Crippen molar-refractivity contribution < 1.29 is 0 Å². The van der Waals surface area contributed by atoms with Gasteiger partial charge in [-0.05, 0) is 133 Å². The van der Waals surface area contributed by atoms with Gasteiger partial charge in [0.15, 0.2) is 0 Å². The summed E-state index contributed by atoms with van der Waals surface area (Å²) in [4.78, 5) is 0. The number of hydrogen-bond donors (Lipinski definition) is 0. The summed E-state index contributed by atoms with van der Waals surface area (Å²) < 4.78 is 0. The molecule has 0 atom stereocenters. The highest BCUT2D eigenvalue weighted by Crippen LogP contribution is 2.57. The van der Waals surface area contributed by atoms with Crippen LogP contribution in [0, 0.1) is 0 Å². The van der Waals surface area contributed by atoms with Crippen LogP contribution in [0.4, 0.5) is 0 Å². The van der Waals surface area contributed by atoms with Crippen molar-refractivity contribution in [3.8, 4) is 55.6 Å². The van der Waals surface area contributed by atoms with Crippen LogP contribution in [0.25, 0.3) is 98.7 Å². The van der Waals surface area contributed by atoms with Crippen molar-refractivity contribution in [2.45, 2.75) is 38.5 Å². The van der Waals surface area contributed by atoms with Gasteiger partial charge in [-0.3, -0.25) is 0 Å². The summed E-state index contributed by atoms with van der Waals surface area (Å²) in [5.41, 5.74) is 18.5. The maximum Gasteiger partial charge on any atom is 0.0165 e. The van der Waals surface area contributed by atoms with E-state index in [0.29, 0.717) is 0 Å². The third-order valence-electron chi connectivity index (χ3n) is 13.8. The summed E-state index contributed by atoms with van der Waals surface area (Å²) in [5.74, 6) is 0. The van der Waals surface area contributed by atoms with Crippen molar-refractivity contribution >= 4 is 43.1 Å². The Labute approximate surface area is 340 Å². The SMILES string of the molecule is CC1(C)c2ccccc2-c2ccc(-c3c4ccccc4c(-c4cccc(-c5cccc6c5-c5c(c7ccccc7c7ccccc57)C6(C)C)c4)c4ccccc34)cc21. The molecule has 2 aliphatic carbocycles. The molecule has 0 aromatic heterocycles. The molecule has 0 bridgehead atoms. The van der Waals surface area contributed by atoms with Gasteiger partial charge in [0.05, 0.1) is 0 Å². The van der Waals surface area contributed by atoms with Gasteiger partial charge in [0, 0.05) is 10.8 Å². The molecule has 0 N–H and O–H groups in total. The number of fused-ring (bicyclic) bond motifs is 13. The molecule has 0 spiro atoms. The fourth-order valence-corrected chi connectivity index (χ4v) is 11.2. The second-order valence-corrected chi connectivity index (χ2v) is 17.5. The monoisotopic (exact) mass is 738 g/mol. The molecule has 0 fully saturated rings. The first-order chi connectivity index (χ1) is 28.3. The van der Waals surface area contributed by atoms with Gasteiger partial charge in [-0.2, -0.15) is 0 Å². The Bertz CT molecular complexity index is 3330. The van der Waals surface area contributed by atoms with Gasteiger partial charge >= 0.3 is 0 Å². The van der Waals surface area contributed by atoms with E-state index in [0.717, 1.165) is 0 Å². The van der Waals surface area contributed by atoms with Gasteiger partial charge in [0.1, 0.15) is 0 Å². The third-order valence-corrected chi connectivity index (χ3v) is 13.8. The molecule has 0 unspecified atom stereocenters. The molecule has 0 aliphatic heterocycles. The minimum absolute atomic E-state index is 0.0688. The number of benzene rings is 10. The van der Waals surface area contributed by atoms with Gasteiger partial charge < -0.3 is 0 Å². The lowest BCUT2D eigenvalue weighted by molar-refractivity contribution is 0.660. The first-order valence-corrected chi connectivity index (χ1v) is 20.7. The van der Waals surface area contributed by atoms with Crippen LogP contribution in [0.2, 0.25) is 0 Å². The van der Waals surface area contributed by atoms with Gasteiger partial charge in [-0.15, -0.1) is 0 Å². The van der Waals surface area contributed by atoms with E-state index in [1.54, 1.807) is 0 Å². The highest BCUT2D eigenvalue weighted by Gasteiger charge is 2.40. The summed E-state index contributed by atoms with van der Waals surface area (Å²) in [5, 5.41) is 10.5. The molecule has 0 saturated heterocycles. The Hall–Kier alpha value is -6.76. The van der Waals surface area contributed by atoms with Gasteiger partial charge in [-0.1, -0.05) is 198 Å². The molecular formula is C58H42. The molecule has 0 amide bonds. The summed E-state index contributed by atoms with van der Waals surface area (Å²) >= 11 is 0. The van der Waals surface area contributed by atoms with Gasteiger partial charge in [0.25, 0.3) is 0 Å². The lowest BCUT2D eigenvalue weighted by Crippen LogP contribution is -2.15. The molecule has 0 nitrogen and oxygen atoms in total. The molecule has 0 heteroatoms. The zero-order valence-corrected chi connectivity index (χ0v) is 33.3. The lowest BCUT2D eigenvalue weighted by Gasteiger charge is -2.24. The molecule has 0 radical (unpaired) electrons. The highest BCUT2D eigenvalue weighted by molar-refractivity contribution is 6.22. The van der Waals surface area contributed by atoms with Crippen molar-refractivity contribution in [2.24, 2.45) is 0 Å². The normalized spacial score (nSPS) is 14.5. The summed E-state index contributed by atoms with van der Waals surface area (Å²) in [7, 11) is 0. The molecule has 0 heterocycles. The van der Waals surface area contributed by atoms with Crippen LogP contribution >= 0.6 is 0 Å². The predicted octanol–water partition coefficient (Wildman–Crippen LogP) is 15.9. The fraction of sp³-hybridized carbons (Fsp3) is 0.103. The van der Waals surface area contributed by atoms with Crippen LogP contribution < -0.4 is 0 Å². The van der Waals surface area contributed by atoms with E-state index in [9.17, 15) is 0 Å². The molecule has 274 valence electrons.